The molecule has 0 atom stereocenters. The number of amides is 1. The lowest BCUT2D eigenvalue weighted by atomic mass is 10.0. The third-order valence-electron chi connectivity index (χ3n) is 4.15. The van der Waals surface area contributed by atoms with Crippen molar-refractivity contribution in [3.05, 3.63) is 39.3 Å². The summed E-state index contributed by atoms with van der Waals surface area (Å²) >= 11 is 1.38. The van der Waals surface area contributed by atoms with Crippen molar-refractivity contribution in [3.8, 4) is 5.75 Å². The molecule has 8 heteroatoms. The van der Waals surface area contributed by atoms with E-state index in [9.17, 15) is 18.0 Å². The maximum atomic E-state index is 13.0. The largest absolute Gasteiger partial charge is 0.573 e. The fourth-order valence-electron chi connectivity index (χ4n) is 2.97. The van der Waals surface area contributed by atoms with Gasteiger partial charge < -0.3 is 9.64 Å². The first kappa shape index (κ1) is 18.7. The van der Waals surface area contributed by atoms with Crippen molar-refractivity contribution >= 4 is 22.9 Å². The SMILES string of the molecule is Cc1nc(C(C)C)sc1C(=O)N1CCCc2cc(OC(F)(F)F)ccc21. The highest BCUT2D eigenvalue weighted by molar-refractivity contribution is 7.14. The molecule has 26 heavy (non-hydrogen) atoms. The van der Waals surface area contributed by atoms with Crippen LogP contribution in [0.1, 0.15) is 52.1 Å². The van der Waals surface area contributed by atoms with Gasteiger partial charge in [0.2, 0.25) is 0 Å². The van der Waals surface area contributed by atoms with Crippen LogP contribution in [0.15, 0.2) is 18.2 Å². The van der Waals surface area contributed by atoms with Crippen LogP contribution in [0.2, 0.25) is 0 Å². The number of aryl methyl sites for hydroxylation is 2. The average Bonchev–Trinajstić information content (AvgIpc) is 2.94. The third-order valence-corrected chi connectivity index (χ3v) is 5.60. The highest BCUT2D eigenvalue weighted by atomic mass is 32.1. The van der Waals surface area contributed by atoms with Gasteiger partial charge in [0.25, 0.3) is 5.91 Å². The summed E-state index contributed by atoms with van der Waals surface area (Å²) in [6.07, 6.45) is -3.44. The van der Waals surface area contributed by atoms with Gasteiger partial charge in [-0.1, -0.05) is 13.8 Å². The fraction of sp³-hybridized carbons (Fsp3) is 0.444. The molecule has 0 saturated carbocycles. The first-order valence-corrected chi connectivity index (χ1v) is 9.15. The number of rotatable bonds is 3. The molecule has 0 N–H and O–H groups in total. The van der Waals surface area contributed by atoms with Crippen molar-refractivity contribution in [2.24, 2.45) is 0 Å². The number of carbonyl (C=O) groups excluding carboxylic acids is 1. The summed E-state index contributed by atoms with van der Waals surface area (Å²) in [6, 6.07) is 4.13. The number of halogens is 3. The lowest BCUT2D eigenvalue weighted by Crippen LogP contribution is -2.35. The maximum absolute atomic E-state index is 13.0. The molecule has 1 aliphatic rings. The van der Waals surface area contributed by atoms with E-state index >= 15 is 0 Å². The summed E-state index contributed by atoms with van der Waals surface area (Å²) < 4.78 is 41.2. The smallest absolute Gasteiger partial charge is 0.406 e. The number of hydrogen-bond acceptors (Lipinski definition) is 4. The topological polar surface area (TPSA) is 42.4 Å². The molecule has 0 aliphatic carbocycles. The summed E-state index contributed by atoms with van der Waals surface area (Å²) in [5, 5.41) is 0.900. The van der Waals surface area contributed by atoms with Gasteiger partial charge >= 0.3 is 6.36 Å². The standard InChI is InChI=1S/C18H19F3N2O2S/c1-10(2)16-22-11(3)15(26-16)17(24)23-8-4-5-12-9-13(6-7-14(12)23)25-18(19,20)21/h6-7,9-10H,4-5,8H2,1-3H3. The van der Waals surface area contributed by atoms with Crippen LogP contribution in [0, 0.1) is 6.92 Å². The minimum atomic E-state index is -4.73. The molecule has 0 radical (unpaired) electrons. The predicted octanol–water partition coefficient (Wildman–Crippen LogP) is 5.07. The van der Waals surface area contributed by atoms with Crippen LogP contribution in [0.25, 0.3) is 0 Å². The van der Waals surface area contributed by atoms with Gasteiger partial charge in [0.05, 0.1) is 10.7 Å². The Hall–Kier alpha value is -2.09. The molecule has 1 aliphatic heterocycles. The van der Waals surface area contributed by atoms with Crippen LogP contribution in [0.4, 0.5) is 18.9 Å². The van der Waals surface area contributed by atoms with Crippen LogP contribution in [-0.4, -0.2) is 23.8 Å². The molecule has 140 valence electrons. The number of carbonyl (C=O) groups is 1. The molecule has 2 heterocycles. The van der Waals surface area contributed by atoms with E-state index in [1.807, 2.05) is 13.8 Å². The van der Waals surface area contributed by atoms with E-state index < -0.39 is 6.36 Å². The number of fused-ring (bicyclic) bond motifs is 1. The molecule has 0 fully saturated rings. The average molecular weight is 384 g/mol. The zero-order valence-corrected chi connectivity index (χ0v) is 15.5. The third kappa shape index (κ3) is 3.85. The van der Waals surface area contributed by atoms with E-state index in [2.05, 4.69) is 9.72 Å². The molecule has 0 spiro atoms. The monoisotopic (exact) mass is 384 g/mol. The fourth-order valence-corrected chi connectivity index (χ4v) is 3.99. The molecule has 1 amide bonds. The Kier molecular flexibility index (Phi) is 4.96. The Balaban J connectivity index is 1.91. The van der Waals surface area contributed by atoms with Crippen LogP contribution < -0.4 is 9.64 Å². The van der Waals surface area contributed by atoms with E-state index in [4.69, 9.17) is 0 Å². The number of ether oxygens (including phenoxy) is 1. The van der Waals surface area contributed by atoms with Gasteiger partial charge in [-0.15, -0.1) is 24.5 Å². The summed E-state index contributed by atoms with van der Waals surface area (Å²) in [5.74, 6) is -0.185. The highest BCUT2D eigenvalue weighted by Crippen LogP contribution is 2.35. The quantitative estimate of drug-likeness (QED) is 0.742. The van der Waals surface area contributed by atoms with E-state index in [-0.39, 0.29) is 17.6 Å². The Morgan fingerprint density at radius 2 is 2.08 bits per heavy atom. The van der Waals surface area contributed by atoms with Crippen molar-refractivity contribution in [2.45, 2.75) is 45.9 Å². The van der Waals surface area contributed by atoms with Gasteiger partial charge in [-0.2, -0.15) is 0 Å². The van der Waals surface area contributed by atoms with Gasteiger partial charge in [0.1, 0.15) is 10.6 Å². The maximum Gasteiger partial charge on any atom is 0.573 e. The van der Waals surface area contributed by atoms with Gasteiger partial charge in [-0.25, -0.2) is 4.98 Å². The second-order valence-electron chi connectivity index (χ2n) is 6.52. The summed E-state index contributed by atoms with van der Waals surface area (Å²) in [4.78, 5) is 19.7. The van der Waals surface area contributed by atoms with Crippen LogP contribution in [0.5, 0.6) is 5.75 Å². The first-order valence-electron chi connectivity index (χ1n) is 8.33. The van der Waals surface area contributed by atoms with Crippen molar-refractivity contribution in [3.63, 3.8) is 0 Å². The number of aromatic nitrogens is 1. The van der Waals surface area contributed by atoms with Gasteiger partial charge in [-0.3, -0.25) is 4.79 Å². The van der Waals surface area contributed by atoms with Gasteiger partial charge in [0, 0.05) is 18.2 Å². The second kappa shape index (κ2) is 6.90. The number of anilines is 1. The molecule has 4 nitrogen and oxygen atoms in total. The zero-order chi connectivity index (χ0) is 19.1. The minimum absolute atomic E-state index is 0.155. The lowest BCUT2D eigenvalue weighted by molar-refractivity contribution is -0.274. The number of alkyl halides is 3. The van der Waals surface area contributed by atoms with Crippen LogP contribution in [-0.2, 0) is 6.42 Å². The molecule has 0 saturated heterocycles. The summed E-state index contributed by atoms with van der Waals surface area (Å²) in [5.41, 5.74) is 2.00. The molecule has 3 rings (SSSR count). The van der Waals surface area contributed by atoms with E-state index in [1.165, 1.54) is 29.5 Å². The Morgan fingerprint density at radius 3 is 2.69 bits per heavy atom. The Labute approximate surface area is 153 Å². The number of nitrogens with zero attached hydrogens (tertiary/aromatic N) is 2. The molecular formula is C18H19F3N2O2S. The Morgan fingerprint density at radius 1 is 1.35 bits per heavy atom. The molecule has 2 aromatic rings. The van der Waals surface area contributed by atoms with E-state index in [0.717, 1.165) is 5.01 Å². The zero-order valence-electron chi connectivity index (χ0n) is 14.7. The molecule has 0 unspecified atom stereocenters. The van der Waals surface area contributed by atoms with Gasteiger partial charge in [-0.05, 0) is 43.5 Å². The molecular weight excluding hydrogens is 365 g/mol. The van der Waals surface area contributed by atoms with Crippen molar-refractivity contribution in [2.75, 3.05) is 11.4 Å². The Bertz CT molecular complexity index is 830. The summed E-state index contributed by atoms with van der Waals surface area (Å²) in [6.45, 7) is 6.37. The second-order valence-corrected chi connectivity index (χ2v) is 7.55. The van der Waals surface area contributed by atoms with E-state index in [1.54, 1.807) is 11.8 Å². The molecule has 0 bridgehead atoms. The molecule has 1 aromatic heterocycles. The van der Waals surface area contributed by atoms with Crippen LogP contribution >= 0.6 is 11.3 Å². The van der Waals surface area contributed by atoms with Crippen LogP contribution in [0.3, 0.4) is 0 Å². The van der Waals surface area contributed by atoms with Crippen molar-refractivity contribution in [1.29, 1.82) is 0 Å². The van der Waals surface area contributed by atoms with Gasteiger partial charge in [0.15, 0.2) is 0 Å². The van der Waals surface area contributed by atoms with Crippen molar-refractivity contribution in [1.82, 2.24) is 4.98 Å². The number of hydrogen-bond donors (Lipinski definition) is 0. The van der Waals surface area contributed by atoms with E-state index in [0.29, 0.717) is 41.2 Å². The number of benzene rings is 1. The highest BCUT2D eigenvalue weighted by Gasteiger charge is 2.32. The first-order chi connectivity index (χ1) is 12.2. The lowest BCUT2D eigenvalue weighted by Gasteiger charge is -2.29. The predicted molar refractivity (Wildman–Crippen MR) is 94.1 cm³/mol. The minimum Gasteiger partial charge on any atom is -0.406 e. The van der Waals surface area contributed by atoms with Crippen molar-refractivity contribution < 1.29 is 22.7 Å². The normalized spacial score (nSPS) is 14.5. The number of thiazole rings is 1. The molecule has 1 aromatic carbocycles. The summed E-state index contributed by atoms with van der Waals surface area (Å²) in [7, 11) is 0.